The maximum atomic E-state index is 12.5. The van der Waals surface area contributed by atoms with Crippen molar-refractivity contribution in [2.45, 2.75) is 19.8 Å². The third-order valence-corrected chi connectivity index (χ3v) is 3.11. The van der Waals surface area contributed by atoms with Crippen LogP contribution in [0.1, 0.15) is 33.5 Å². The van der Waals surface area contributed by atoms with Gasteiger partial charge in [-0.2, -0.15) is 5.26 Å². The van der Waals surface area contributed by atoms with Crippen molar-refractivity contribution >= 4 is 5.78 Å². The van der Waals surface area contributed by atoms with Gasteiger partial charge in [-0.25, -0.2) is 9.97 Å². The Hall–Kier alpha value is -3.18. The maximum Gasteiger partial charge on any atom is 0.187 e. The lowest BCUT2D eigenvalue weighted by molar-refractivity contribution is 0.0976. The summed E-state index contributed by atoms with van der Waals surface area (Å²) in [6.07, 6.45) is 5.12. The maximum absolute atomic E-state index is 12.5. The number of nitrogens with zero attached hydrogens (tertiary/aromatic N) is 3. The van der Waals surface area contributed by atoms with Crippen LogP contribution in [0.2, 0.25) is 0 Å². The van der Waals surface area contributed by atoms with E-state index >= 15 is 0 Å². The van der Waals surface area contributed by atoms with Gasteiger partial charge in [0, 0.05) is 17.0 Å². The van der Waals surface area contributed by atoms with E-state index in [1.165, 1.54) is 0 Å². The molecule has 0 unspecified atom stereocenters. The first-order chi connectivity index (χ1) is 11.0. The van der Waals surface area contributed by atoms with E-state index in [4.69, 9.17) is 11.2 Å². The molecule has 0 fully saturated rings. The number of ketones is 1. The molecule has 0 saturated carbocycles. The molecule has 1 atom stereocenters. The molecule has 5 nitrogen and oxygen atoms in total. The van der Waals surface area contributed by atoms with Gasteiger partial charge in [0.25, 0.3) is 0 Å². The first kappa shape index (κ1) is 16.2. The number of rotatable bonds is 5. The minimum atomic E-state index is -1.04. The van der Waals surface area contributed by atoms with E-state index in [1.54, 1.807) is 44.2 Å². The lowest BCUT2D eigenvalue weighted by atomic mass is 9.98. The Bertz CT molecular complexity index is 778. The Balaban J connectivity index is 2.26. The van der Waals surface area contributed by atoms with E-state index in [0.717, 1.165) is 11.4 Å². The third kappa shape index (κ3) is 3.93. The van der Waals surface area contributed by atoms with Gasteiger partial charge in [0.05, 0.1) is 6.07 Å². The zero-order chi connectivity index (χ0) is 16.8. The normalized spacial score (nSPS) is 11.1. The van der Waals surface area contributed by atoms with Crippen LogP contribution in [0.25, 0.3) is 0 Å². The second kappa shape index (κ2) is 7.20. The molecule has 0 bridgehead atoms. The predicted octanol–water partition coefficient (Wildman–Crippen LogP) is 2.60. The van der Waals surface area contributed by atoms with Crippen LogP contribution < -0.4 is 4.74 Å². The Morgan fingerprint density at radius 2 is 1.87 bits per heavy atom. The molecule has 0 aliphatic carbocycles. The van der Waals surface area contributed by atoms with Gasteiger partial charge in [-0.15, -0.1) is 6.42 Å². The van der Waals surface area contributed by atoms with Crippen molar-refractivity contribution in [2.75, 3.05) is 6.61 Å². The van der Waals surface area contributed by atoms with Gasteiger partial charge in [0.15, 0.2) is 17.5 Å². The number of hydrogen-bond acceptors (Lipinski definition) is 5. The SMILES string of the molecule is C#CCOc1ccc(C(=O)[C@H](C#N)c2nc(C)cc(C)n2)cc1. The molecule has 0 aliphatic heterocycles. The zero-order valence-corrected chi connectivity index (χ0v) is 12.9. The van der Waals surface area contributed by atoms with Gasteiger partial charge < -0.3 is 4.74 Å². The summed E-state index contributed by atoms with van der Waals surface area (Å²) in [7, 11) is 0. The van der Waals surface area contributed by atoms with Crippen LogP contribution in [0, 0.1) is 37.5 Å². The number of nitriles is 1. The fourth-order valence-corrected chi connectivity index (χ4v) is 2.12. The van der Waals surface area contributed by atoms with Crippen molar-refractivity contribution in [3.63, 3.8) is 0 Å². The van der Waals surface area contributed by atoms with E-state index in [2.05, 4.69) is 15.9 Å². The van der Waals surface area contributed by atoms with Crippen LogP contribution in [0.15, 0.2) is 30.3 Å². The van der Waals surface area contributed by atoms with Crippen LogP contribution in [0.3, 0.4) is 0 Å². The summed E-state index contributed by atoms with van der Waals surface area (Å²) in [6.45, 7) is 3.76. The predicted molar refractivity (Wildman–Crippen MR) is 85.0 cm³/mol. The minimum Gasteiger partial charge on any atom is -0.481 e. The van der Waals surface area contributed by atoms with E-state index in [0.29, 0.717) is 11.3 Å². The van der Waals surface area contributed by atoms with Crippen molar-refractivity contribution in [3.05, 3.63) is 53.1 Å². The first-order valence-corrected chi connectivity index (χ1v) is 6.97. The molecule has 5 heteroatoms. The van der Waals surface area contributed by atoms with Gasteiger partial charge in [-0.3, -0.25) is 4.79 Å². The number of benzene rings is 1. The Morgan fingerprint density at radius 3 is 2.39 bits per heavy atom. The monoisotopic (exact) mass is 305 g/mol. The second-order valence-electron chi connectivity index (χ2n) is 4.95. The highest BCUT2D eigenvalue weighted by Crippen LogP contribution is 2.20. The topological polar surface area (TPSA) is 75.9 Å². The average Bonchev–Trinajstić information content (AvgIpc) is 2.53. The highest BCUT2D eigenvalue weighted by atomic mass is 16.5. The number of terminal acetylenes is 1. The van der Waals surface area contributed by atoms with Crippen LogP contribution in [-0.4, -0.2) is 22.4 Å². The molecule has 2 rings (SSSR count). The average molecular weight is 305 g/mol. The molecular weight excluding hydrogens is 290 g/mol. The summed E-state index contributed by atoms with van der Waals surface area (Å²) >= 11 is 0. The second-order valence-corrected chi connectivity index (χ2v) is 4.95. The molecule has 0 amide bonds. The highest BCUT2D eigenvalue weighted by molar-refractivity contribution is 6.02. The van der Waals surface area contributed by atoms with Crippen molar-refractivity contribution < 1.29 is 9.53 Å². The highest BCUT2D eigenvalue weighted by Gasteiger charge is 2.25. The number of carbonyl (C=O) groups excluding carboxylic acids is 1. The smallest absolute Gasteiger partial charge is 0.187 e. The first-order valence-electron chi connectivity index (χ1n) is 6.97. The molecule has 2 aromatic rings. The van der Waals surface area contributed by atoms with Crippen molar-refractivity contribution in [1.82, 2.24) is 9.97 Å². The number of ether oxygens (including phenoxy) is 1. The van der Waals surface area contributed by atoms with E-state index < -0.39 is 5.92 Å². The van der Waals surface area contributed by atoms with Crippen LogP contribution >= 0.6 is 0 Å². The summed E-state index contributed by atoms with van der Waals surface area (Å²) in [6, 6.07) is 10.3. The largest absolute Gasteiger partial charge is 0.481 e. The molecule has 1 aromatic heterocycles. The third-order valence-electron chi connectivity index (χ3n) is 3.11. The summed E-state index contributed by atoms with van der Waals surface area (Å²) in [5, 5.41) is 9.37. The summed E-state index contributed by atoms with van der Waals surface area (Å²) in [4.78, 5) is 21.0. The molecule has 23 heavy (non-hydrogen) atoms. The van der Waals surface area contributed by atoms with Crippen LogP contribution in [-0.2, 0) is 0 Å². The quantitative estimate of drug-likeness (QED) is 0.627. The molecule has 0 N–H and O–H groups in total. The van der Waals surface area contributed by atoms with Crippen molar-refractivity contribution in [3.8, 4) is 24.2 Å². The number of aromatic nitrogens is 2. The van der Waals surface area contributed by atoms with Gasteiger partial charge in [-0.05, 0) is 44.2 Å². The summed E-state index contributed by atoms with van der Waals surface area (Å²) in [5.74, 6) is 1.77. The molecular formula is C18H15N3O2. The van der Waals surface area contributed by atoms with Crippen molar-refractivity contribution in [1.29, 1.82) is 5.26 Å². The number of Topliss-reactive ketones (excluding diaryl/α,β-unsaturated/α-hetero) is 1. The lowest BCUT2D eigenvalue weighted by Crippen LogP contribution is -2.15. The van der Waals surface area contributed by atoms with E-state index in [1.807, 2.05) is 6.07 Å². The molecule has 114 valence electrons. The number of aryl methyl sites for hydroxylation is 2. The fourth-order valence-electron chi connectivity index (χ4n) is 2.12. The zero-order valence-electron chi connectivity index (χ0n) is 12.9. The number of carbonyl (C=O) groups is 1. The van der Waals surface area contributed by atoms with E-state index in [-0.39, 0.29) is 18.2 Å². The van der Waals surface area contributed by atoms with Gasteiger partial charge in [-0.1, -0.05) is 5.92 Å². The Labute approximate surface area is 135 Å². The standard InChI is InChI=1S/C18H15N3O2/c1-4-9-23-15-7-5-14(6-8-15)17(22)16(11-19)18-20-12(2)10-13(3)21-18/h1,5-8,10,16H,9H2,2-3H3/t16-/m0/s1. The van der Waals surface area contributed by atoms with Crippen LogP contribution in [0.5, 0.6) is 5.75 Å². The van der Waals surface area contributed by atoms with Crippen LogP contribution in [0.4, 0.5) is 0 Å². The molecule has 0 spiro atoms. The van der Waals surface area contributed by atoms with Gasteiger partial charge in [0.1, 0.15) is 12.4 Å². The molecule has 0 saturated heterocycles. The fraction of sp³-hybridized carbons (Fsp3) is 0.222. The molecule has 1 heterocycles. The van der Waals surface area contributed by atoms with E-state index in [9.17, 15) is 10.1 Å². The molecule has 0 radical (unpaired) electrons. The summed E-state index contributed by atoms with van der Waals surface area (Å²) in [5.41, 5.74) is 1.84. The minimum absolute atomic E-state index is 0.157. The number of hydrogen-bond donors (Lipinski definition) is 0. The lowest BCUT2D eigenvalue weighted by Gasteiger charge is -2.09. The van der Waals surface area contributed by atoms with Crippen molar-refractivity contribution in [2.24, 2.45) is 0 Å². The van der Waals surface area contributed by atoms with Gasteiger partial charge in [0.2, 0.25) is 0 Å². The molecule has 0 aliphatic rings. The molecule has 1 aromatic carbocycles. The Kier molecular flexibility index (Phi) is 5.07. The Morgan fingerprint density at radius 1 is 1.26 bits per heavy atom. The summed E-state index contributed by atoms with van der Waals surface area (Å²) < 4.78 is 5.26. The van der Waals surface area contributed by atoms with Gasteiger partial charge >= 0.3 is 0 Å².